The van der Waals surface area contributed by atoms with Crippen LogP contribution in [0.3, 0.4) is 0 Å². The van der Waals surface area contributed by atoms with Crippen molar-refractivity contribution in [3.8, 4) is 5.69 Å². The third-order valence-corrected chi connectivity index (χ3v) is 4.39. The minimum absolute atomic E-state index is 0.194. The number of carbonyl (C=O) groups excluding carboxylic acids is 1. The number of hydrogen-bond donors (Lipinski definition) is 0. The van der Waals surface area contributed by atoms with Gasteiger partial charge in [-0.15, -0.1) is 0 Å². The molecule has 6 heteroatoms. The first kappa shape index (κ1) is 19.5. The van der Waals surface area contributed by atoms with Crippen LogP contribution >= 0.6 is 0 Å². The minimum atomic E-state index is -0.477. The van der Waals surface area contributed by atoms with Crippen molar-refractivity contribution in [2.75, 3.05) is 6.54 Å². The highest BCUT2D eigenvalue weighted by atomic mass is 19.1. The maximum atomic E-state index is 14.2. The Morgan fingerprint density at radius 3 is 2.46 bits per heavy atom. The molecule has 0 saturated carbocycles. The summed E-state index contributed by atoms with van der Waals surface area (Å²) in [5, 5.41) is 4.22. The van der Waals surface area contributed by atoms with Crippen molar-refractivity contribution in [3.63, 3.8) is 0 Å². The van der Waals surface area contributed by atoms with Crippen molar-refractivity contribution >= 4 is 5.91 Å². The van der Waals surface area contributed by atoms with Crippen LogP contribution < -0.4 is 5.43 Å². The van der Waals surface area contributed by atoms with Crippen LogP contribution in [0.2, 0.25) is 0 Å². The average Bonchev–Trinajstić information content (AvgIpc) is 2.69. The number of benzene rings is 2. The largest absolute Gasteiger partial charge is 0.333 e. The van der Waals surface area contributed by atoms with Crippen LogP contribution in [0.5, 0.6) is 0 Å². The van der Waals surface area contributed by atoms with Crippen LogP contribution in [0.4, 0.5) is 4.39 Å². The van der Waals surface area contributed by atoms with Gasteiger partial charge in [-0.05, 0) is 31.0 Å². The Hall–Kier alpha value is -3.28. The van der Waals surface area contributed by atoms with Crippen molar-refractivity contribution in [1.82, 2.24) is 14.7 Å². The highest BCUT2D eigenvalue weighted by Gasteiger charge is 2.22. The number of amides is 1. The predicted molar refractivity (Wildman–Crippen MR) is 106 cm³/mol. The van der Waals surface area contributed by atoms with Crippen LogP contribution in [0, 0.1) is 12.7 Å². The maximum absolute atomic E-state index is 14.2. The molecule has 1 heterocycles. The molecule has 0 unspecified atom stereocenters. The molecule has 0 N–H and O–H groups in total. The number of carbonyl (C=O) groups is 1. The molecular weight excluding hydrogens is 357 g/mol. The quantitative estimate of drug-likeness (QED) is 0.656. The van der Waals surface area contributed by atoms with Crippen LogP contribution in [0.15, 0.2) is 65.5 Å². The zero-order valence-electron chi connectivity index (χ0n) is 15.9. The lowest BCUT2D eigenvalue weighted by atomic mass is 10.2. The smallest absolute Gasteiger partial charge is 0.278 e. The standard InChI is InChI=1S/C22H22FN3O2/c1-3-13-25(15-17-9-5-4-6-10-17)22(28)21-20(27)14-16(2)26(24-21)19-12-8-7-11-18(19)23/h4-12,14H,3,13,15H2,1-2H3. The minimum Gasteiger partial charge on any atom is -0.333 e. The summed E-state index contributed by atoms with van der Waals surface area (Å²) in [5.74, 6) is -0.935. The van der Waals surface area contributed by atoms with Gasteiger partial charge in [0.15, 0.2) is 5.69 Å². The van der Waals surface area contributed by atoms with Crippen LogP contribution in [0.25, 0.3) is 5.69 Å². The maximum Gasteiger partial charge on any atom is 0.278 e. The van der Waals surface area contributed by atoms with Crippen molar-refractivity contribution in [2.24, 2.45) is 0 Å². The predicted octanol–water partition coefficient (Wildman–Crippen LogP) is 3.73. The third-order valence-electron chi connectivity index (χ3n) is 4.39. The summed E-state index contributed by atoms with van der Waals surface area (Å²) in [6, 6.07) is 17.0. The molecular formula is C22H22FN3O2. The molecule has 0 aliphatic carbocycles. The molecule has 0 aliphatic heterocycles. The molecule has 0 bridgehead atoms. The van der Waals surface area contributed by atoms with E-state index in [1.54, 1.807) is 30.0 Å². The first-order valence-electron chi connectivity index (χ1n) is 9.20. The van der Waals surface area contributed by atoms with Gasteiger partial charge in [-0.25, -0.2) is 9.07 Å². The van der Waals surface area contributed by atoms with Crippen LogP contribution in [0.1, 0.15) is 35.1 Å². The molecule has 0 aliphatic rings. The summed E-state index contributed by atoms with van der Waals surface area (Å²) in [4.78, 5) is 27.2. The number of nitrogens with zero attached hydrogens (tertiary/aromatic N) is 3. The molecule has 2 aromatic carbocycles. The van der Waals surface area contributed by atoms with Crippen molar-refractivity contribution in [2.45, 2.75) is 26.8 Å². The number of aryl methyl sites for hydroxylation is 1. The average molecular weight is 379 g/mol. The summed E-state index contributed by atoms with van der Waals surface area (Å²) >= 11 is 0. The zero-order chi connectivity index (χ0) is 20.1. The van der Waals surface area contributed by atoms with E-state index >= 15 is 0 Å². The fourth-order valence-corrected chi connectivity index (χ4v) is 3.04. The normalized spacial score (nSPS) is 10.7. The lowest BCUT2D eigenvalue weighted by Gasteiger charge is -2.22. The van der Waals surface area contributed by atoms with Gasteiger partial charge in [-0.1, -0.05) is 49.4 Å². The van der Waals surface area contributed by atoms with E-state index in [1.807, 2.05) is 37.3 Å². The molecule has 5 nitrogen and oxygen atoms in total. The summed E-state index contributed by atoms with van der Waals surface area (Å²) in [6.07, 6.45) is 0.742. The Morgan fingerprint density at radius 1 is 1.11 bits per heavy atom. The number of rotatable bonds is 6. The van der Waals surface area contributed by atoms with Gasteiger partial charge in [0, 0.05) is 24.8 Å². The number of hydrogen-bond acceptors (Lipinski definition) is 3. The van der Waals surface area contributed by atoms with Gasteiger partial charge in [0.2, 0.25) is 5.43 Å². The number of para-hydroxylation sites is 1. The van der Waals surface area contributed by atoms with E-state index in [4.69, 9.17) is 0 Å². The number of aromatic nitrogens is 2. The Labute approximate surface area is 163 Å². The van der Waals surface area contributed by atoms with Gasteiger partial charge in [-0.3, -0.25) is 9.59 Å². The Balaban J connectivity index is 2.01. The van der Waals surface area contributed by atoms with Crippen LogP contribution in [-0.4, -0.2) is 27.1 Å². The van der Waals surface area contributed by atoms with Crippen molar-refractivity contribution < 1.29 is 9.18 Å². The van der Waals surface area contributed by atoms with Gasteiger partial charge < -0.3 is 4.90 Å². The molecule has 1 amide bonds. The monoisotopic (exact) mass is 379 g/mol. The van der Waals surface area contributed by atoms with E-state index < -0.39 is 17.2 Å². The molecule has 0 radical (unpaired) electrons. The van der Waals surface area contributed by atoms with E-state index in [2.05, 4.69) is 5.10 Å². The molecule has 0 atom stereocenters. The summed E-state index contributed by atoms with van der Waals surface area (Å²) in [7, 11) is 0. The highest BCUT2D eigenvalue weighted by molar-refractivity contribution is 5.92. The molecule has 0 spiro atoms. The van der Waals surface area contributed by atoms with E-state index in [-0.39, 0.29) is 11.4 Å². The van der Waals surface area contributed by atoms with Gasteiger partial charge in [-0.2, -0.15) is 5.10 Å². The Bertz CT molecular complexity index is 1030. The molecule has 0 saturated heterocycles. The van der Waals surface area contributed by atoms with E-state index in [0.717, 1.165) is 12.0 Å². The lowest BCUT2D eigenvalue weighted by Crippen LogP contribution is -2.36. The Morgan fingerprint density at radius 2 is 1.79 bits per heavy atom. The second kappa shape index (κ2) is 8.61. The molecule has 3 aromatic rings. The third kappa shape index (κ3) is 4.17. The SMILES string of the molecule is CCCN(Cc1ccccc1)C(=O)c1nn(-c2ccccc2F)c(C)cc1=O. The summed E-state index contributed by atoms with van der Waals surface area (Å²) in [6.45, 7) is 4.49. The van der Waals surface area contributed by atoms with Gasteiger partial charge in [0.05, 0.1) is 0 Å². The van der Waals surface area contributed by atoms with Crippen molar-refractivity contribution in [3.05, 3.63) is 93.7 Å². The van der Waals surface area contributed by atoms with E-state index in [0.29, 0.717) is 18.8 Å². The molecule has 1 aromatic heterocycles. The first-order chi connectivity index (χ1) is 13.5. The fraction of sp³-hybridized carbons (Fsp3) is 0.227. The zero-order valence-corrected chi connectivity index (χ0v) is 15.9. The topological polar surface area (TPSA) is 55.2 Å². The van der Waals surface area contributed by atoms with E-state index in [1.165, 1.54) is 16.8 Å². The summed E-state index contributed by atoms with van der Waals surface area (Å²) < 4.78 is 15.5. The van der Waals surface area contributed by atoms with E-state index in [9.17, 15) is 14.0 Å². The van der Waals surface area contributed by atoms with Gasteiger partial charge >= 0.3 is 0 Å². The molecule has 0 fully saturated rings. The van der Waals surface area contributed by atoms with Gasteiger partial charge in [0.25, 0.3) is 5.91 Å². The fourth-order valence-electron chi connectivity index (χ4n) is 3.04. The Kier molecular flexibility index (Phi) is 5.99. The molecule has 3 rings (SSSR count). The molecule has 144 valence electrons. The van der Waals surface area contributed by atoms with Crippen molar-refractivity contribution in [1.29, 1.82) is 0 Å². The second-order valence-electron chi connectivity index (χ2n) is 6.57. The number of halogens is 1. The second-order valence-corrected chi connectivity index (χ2v) is 6.57. The molecule has 28 heavy (non-hydrogen) atoms. The first-order valence-corrected chi connectivity index (χ1v) is 9.20. The summed E-state index contributed by atoms with van der Waals surface area (Å²) in [5.41, 5.74) is 0.934. The lowest BCUT2D eigenvalue weighted by molar-refractivity contribution is 0.0733. The van der Waals surface area contributed by atoms with Gasteiger partial charge in [0.1, 0.15) is 11.5 Å². The van der Waals surface area contributed by atoms with Crippen LogP contribution in [-0.2, 0) is 6.54 Å². The highest BCUT2D eigenvalue weighted by Crippen LogP contribution is 2.14.